The number of aromatic hydroxyl groups is 1. The lowest BCUT2D eigenvalue weighted by Gasteiger charge is -2.39. The molecule has 9 heteroatoms. The highest BCUT2D eigenvalue weighted by molar-refractivity contribution is 7.95. The fourth-order valence-electron chi connectivity index (χ4n) is 5.38. The third kappa shape index (κ3) is 4.25. The number of esters is 1. The Bertz CT molecular complexity index is 1090. The van der Waals surface area contributed by atoms with E-state index in [-0.39, 0.29) is 54.6 Å². The second-order valence-corrected chi connectivity index (χ2v) is 11.6. The smallest absolute Gasteiger partial charge is 0.310 e. The molecular formula is C26H31O8S+. The zero-order chi connectivity index (χ0) is 24.7. The number of phenolic OH excluding ortho intramolecular Hbond substituents is 1. The Kier molecular flexibility index (Phi) is 6.63. The highest BCUT2D eigenvalue weighted by atomic mass is 32.2. The maximum Gasteiger partial charge on any atom is 0.310 e. The predicted molar refractivity (Wildman–Crippen MR) is 131 cm³/mol. The summed E-state index contributed by atoms with van der Waals surface area (Å²) in [5.41, 5.74) is 2.67. The molecule has 2 aromatic carbocycles. The summed E-state index contributed by atoms with van der Waals surface area (Å²) in [6.45, 7) is 1.04. The molecule has 2 aromatic rings. The molecule has 4 atom stereocenters. The van der Waals surface area contributed by atoms with Gasteiger partial charge in [0.05, 0.1) is 52.0 Å². The van der Waals surface area contributed by atoms with Gasteiger partial charge in [-0.25, -0.2) is 0 Å². The first-order valence-corrected chi connectivity index (χ1v) is 13.8. The number of phenols is 1. The monoisotopic (exact) mass is 503 g/mol. The highest BCUT2D eigenvalue weighted by Crippen LogP contribution is 2.56. The summed E-state index contributed by atoms with van der Waals surface area (Å²) >= 11 is 0. The fourth-order valence-corrected chi connectivity index (χ4v) is 6.07. The molecule has 0 amide bonds. The van der Waals surface area contributed by atoms with Gasteiger partial charge in [-0.15, -0.1) is 0 Å². The normalized spacial score (nSPS) is 24.2. The quantitative estimate of drug-likeness (QED) is 0.333. The summed E-state index contributed by atoms with van der Waals surface area (Å²) in [5, 5.41) is 10.5. The van der Waals surface area contributed by atoms with Gasteiger partial charge >= 0.3 is 5.97 Å². The number of fused-ring (bicyclic) bond motifs is 3. The molecule has 1 saturated heterocycles. The second kappa shape index (κ2) is 9.70. The summed E-state index contributed by atoms with van der Waals surface area (Å²) in [6, 6.07) is 7.43. The molecule has 0 aromatic heterocycles. The Morgan fingerprint density at radius 1 is 1.00 bits per heavy atom. The lowest BCUT2D eigenvalue weighted by molar-refractivity contribution is -0.141. The van der Waals surface area contributed by atoms with Gasteiger partial charge in [-0.1, -0.05) is 0 Å². The molecule has 188 valence electrons. The summed E-state index contributed by atoms with van der Waals surface area (Å²) in [4.78, 5) is 13.1. The van der Waals surface area contributed by atoms with Gasteiger partial charge < -0.3 is 33.5 Å². The maximum absolute atomic E-state index is 13.1. The van der Waals surface area contributed by atoms with Crippen LogP contribution in [0.5, 0.6) is 28.7 Å². The Balaban J connectivity index is 1.63. The van der Waals surface area contributed by atoms with Crippen molar-refractivity contribution in [1.82, 2.24) is 0 Å². The van der Waals surface area contributed by atoms with Crippen LogP contribution in [0.2, 0.25) is 0 Å². The van der Waals surface area contributed by atoms with Gasteiger partial charge in [0, 0.05) is 18.3 Å². The average Bonchev–Trinajstić information content (AvgIpc) is 3.46. The summed E-state index contributed by atoms with van der Waals surface area (Å²) in [7, 11) is 3.31. The summed E-state index contributed by atoms with van der Waals surface area (Å²) in [6.07, 6.45) is 5.10. The minimum atomic E-state index is -0.459. The molecule has 1 aliphatic carbocycles. The van der Waals surface area contributed by atoms with E-state index in [0.29, 0.717) is 29.0 Å². The zero-order valence-electron chi connectivity index (χ0n) is 20.4. The van der Waals surface area contributed by atoms with E-state index in [0.717, 1.165) is 28.9 Å². The first-order valence-electron chi connectivity index (χ1n) is 11.6. The zero-order valence-corrected chi connectivity index (χ0v) is 21.2. The van der Waals surface area contributed by atoms with E-state index in [1.807, 2.05) is 12.1 Å². The van der Waals surface area contributed by atoms with E-state index >= 15 is 0 Å². The van der Waals surface area contributed by atoms with Crippen LogP contribution in [0.1, 0.15) is 35.1 Å². The number of benzene rings is 2. The van der Waals surface area contributed by atoms with Gasteiger partial charge in [-0.3, -0.25) is 4.79 Å². The Hall–Kier alpha value is -2.78. The number of carbonyl (C=O) groups is 1. The maximum atomic E-state index is 13.1. The third-order valence-electron chi connectivity index (χ3n) is 6.97. The van der Waals surface area contributed by atoms with Gasteiger partial charge in [-0.05, 0) is 51.9 Å². The van der Waals surface area contributed by atoms with Crippen molar-refractivity contribution < 1.29 is 38.3 Å². The Labute approximate surface area is 207 Å². The molecule has 0 saturated carbocycles. The number of carbonyl (C=O) groups excluding carboxylic acids is 1. The second-order valence-electron chi connectivity index (χ2n) is 9.24. The molecular weight excluding hydrogens is 472 g/mol. The largest absolute Gasteiger partial charge is 0.502 e. The number of cyclic esters (lactones) is 1. The van der Waals surface area contributed by atoms with Crippen molar-refractivity contribution >= 4 is 16.9 Å². The number of rotatable bonds is 8. The van der Waals surface area contributed by atoms with Gasteiger partial charge in [0.1, 0.15) is 5.75 Å². The van der Waals surface area contributed by atoms with Crippen LogP contribution in [-0.2, 0) is 25.2 Å². The van der Waals surface area contributed by atoms with Crippen molar-refractivity contribution in [2.24, 2.45) is 11.8 Å². The van der Waals surface area contributed by atoms with Crippen LogP contribution in [0.3, 0.4) is 0 Å². The molecule has 2 aliphatic heterocycles. The van der Waals surface area contributed by atoms with Crippen molar-refractivity contribution in [3.05, 3.63) is 41.0 Å². The highest BCUT2D eigenvalue weighted by Gasteiger charge is 2.53. The van der Waals surface area contributed by atoms with Crippen LogP contribution in [0, 0.1) is 11.8 Å². The van der Waals surface area contributed by atoms with Crippen molar-refractivity contribution in [3.8, 4) is 28.7 Å². The van der Waals surface area contributed by atoms with E-state index in [9.17, 15) is 9.90 Å². The van der Waals surface area contributed by atoms with E-state index in [1.54, 1.807) is 12.1 Å². The topological polar surface area (TPSA) is 92.7 Å². The first kappa shape index (κ1) is 23.9. The molecule has 0 radical (unpaired) electrons. The van der Waals surface area contributed by atoms with Gasteiger partial charge in [0.2, 0.25) is 12.5 Å². The molecule has 1 N–H and O–H groups in total. The van der Waals surface area contributed by atoms with E-state index in [2.05, 4.69) is 12.5 Å². The third-order valence-corrected chi connectivity index (χ3v) is 8.08. The number of hydrogen-bond donors (Lipinski definition) is 1. The van der Waals surface area contributed by atoms with Gasteiger partial charge in [-0.2, -0.15) is 0 Å². The van der Waals surface area contributed by atoms with Crippen LogP contribution in [-0.4, -0.2) is 63.6 Å². The van der Waals surface area contributed by atoms with E-state index in [1.165, 1.54) is 14.2 Å². The Morgan fingerprint density at radius 3 is 2.29 bits per heavy atom. The lowest BCUT2D eigenvalue weighted by atomic mass is 9.66. The first-order chi connectivity index (χ1) is 16.9. The molecule has 35 heavy (non-hydrogen) atoms. The molecule has 1 unspecified atom stereocenters. The van der Waals surface area contributed by atoms with Gasteiger partial charge in [0.25, 0.3) is 0 Å². The van der Waals surface area contributed by atoms with Crippen molar-refractivity contribution in [3.63, 3.8) is 0 Å². The SMILES string of the molecule is COc1cc([C@@H]2c3cc4c(cc3[C@@H](OCCC[S+](C)C)C3COC(=O)[C@@H]32)OCO4)cc(OC)c1O. The van der Waals surface area contributed by atoms with Crippen molar-refractivity contribution in [1.29, 1.82) is 0 Å². The van der Waals surface area contributed by atoms with Crippen molar-refractivity contribution in [2.45, 2.75) is 18.4 Å². The average molecular weight is 504 g/mol. The van der Waals surface area contributed by atoms with Crippen LogP contribution >= 0.6 is 0 Å². The van der Waals surface area contributed by atoms with Crippen LogP contribution in [0.15, 0.2) is 24.3 Å². The van der Waals surface area contributed by atoms with Crippen LogP contribution in [0.4, 0.5) is 0 Å². The molecule has 3 aliphatic rings. The molecule has 8 nitrogen and oxygen atoms in total. The number of methoxy groups -OCH3 is 2. The summed E-state index contributed by atoms with van der Waals surface area (Å²) in [5.74, 6) is 1.63. The molecule has 0 bridgehead atoms. The van der Waals surface area contributed by atoms with Crippen LogP contribution < -0.4 is 18.9 Å². The molecule has 0 spiro atoms. The molecule has 1 fully saturated rings. The van der Waals surface area contributed by atoms with Crippen molar-refractivity contribution in [2.75, 3.05) is 52.5 Å². The minimum absolute atomic E-state index is 0.0851. The lowest BCUT2D eigenvalue weighted by Crippen LogP contribution is -2.36. The molecule has 5 rings (SSSR count). The van der Waals surface area contributed by atoms with E-state index < -0.39 is 5.92 Å². The van der Waals surface area contributed by atoms with Crippen LogP contribution in [0.25, 0.3) is 0 Å². The molecule has 2 heterocycles. The van der Waals surface area contributed by atoms with Gasteiger partial charge in [0.15, 0.2) is 23.0 Å². The Morgan fingerprint density at radius 2 is 1.66 bits per heavy atom. The van der Waals surface area contributed by atoms with E-state index in [4.69, 9.17) is 28.4 Å². The number of ether oxygens (including phenoxy) is 6. The number of hydrogen-bond acceptors (Lipinski definition) is 8. The minimum Gasteiger partial charge on any atom is -0.502 e. The standard InChI is InChI=1S/C26H30O8S/c1-29-20-8-14(9-21(30-2)24(20)27)22-15-10-18-19(34-13-33-18)11-16(15)25(31-6-5-7-35(3)4)17-12-32-26(28)23(17)22/h8-11,17,22-23,25H,5-7,12-13H2,1-4H3/p+1/t17?,22-,23+,25-/m1/s1. The summed E-state index contributed by atoms with van der Waals surface area (Å²) < 4.78 is 34.3. The fraction of sp³-hybridized carbons (Fsp3) is 0.500. The predicted octanol–water partition coefficient (Wildman–Crippen LogP) is 3.40.